The van der Waals surface area contributed by atoms with E-state index in [2.05, 4.69) is 16.0 Å². The Kier molecular flexibility index (Phi) is 4.39. The summed E-state index contributed by atoms with van der Waals surface area (Å²) in [5.74, 6) is -0.0322. The first-order valence-electron chi connectivity index (χ1n) is 6.90. The van der Waals surface area contributed by atoms with Crippen LogP contribution in [0.1, 0.15) is 25.8 Å². The van der Waals surface area contributed by atoms with E-state index in [4.69, 9.17) is 0 Å². The summed E-state index contributed by atoms with van der Waals surface area (Å²) in [5.41, 5.74) is 2.46. The van der Waals surface area contributed by atoms with Gasteiger partial charge in [0.25, 0.3) is 0 Å². The molecule has 5 nitrogen and oxygen atoms in total. The van der Waals surface area contributed by atoms with Crippen LogP contribution >= 0.6 is 0 Å². The summed E-state index contributed by atoms with van der Waals surface area (Å²) in [5, 5.41) is 8.97. The van der Waals surface area contributed by atoms with Gasteiger partial charge in [-0.25, -0.2) is 0 Å². The number of hydrogen-bond acceptors (Lipinski definition) is 3. The van der Waals surface area contributed by atoms with Crippen LogP contribution in [0.2, 0.25) is 0 Å². The highest BCUT2D eigenvalue weighted by Crippen LogP contribution is 2.22. The van der Waals surface area contributed by atoms with Crippen LogP contribution in [0.15, 0.2) is 18.2 Å². The van der Waals surface area contributed by atoms with Crippen molar-refractivity contribution in [1.82, 2.24) is 5.32 Å². The van der Waals surface area contributed by atoms with E-state index in [1.807, 2.05) is 32.0 Å². The molecule has 20 heavy (non-hydrogen) atoms. The number of carbonyl (C=O) groups is 2. The monoisotopic (exact) mass is 275 g/mol. The molecule has 1 aliphatic rings. The first kappa shape index (κ1) is 14.5. The van der Waals surface area contributed by atoms with Crippen LogP contribution in [0.3, 0.4) is 0 Å². The number of hydrogen-bond donors (Lipinski definition) is 3. The number of rotatable bonds is 3. The molecule has 1 heterocycles. The summed E-state index contributed by atoms with van der Waals surface area (Å²) in [6.07, 6.45) is 0.871. The van der Waals surface area contributed by atoms with Crippen molar-refractivity contribution in [3.63, 3.8) is 0 Å². The number of aryl methyl sites for hydroxylation is 1. The van der Waals surface area contributed by atoms with Gasteiger partial charge in [0.15, 0.2) is 0 Å². The molecule has 1 aliphatic heterocycles. The maximum atomic E-state index is 12.2. The second-order valence-corrected chi connectivity index (χ2v) is 5.34. The average Bonchev–Trinajstić information content (AvgIpc) is 2.78. The molecule has 2 amide bonds. The molecule has 2 unspecified atom stereocenters. The van der Waals surface area contributed by atoms with Crippen molar-refractivity contribution in [2.24, 2.45) is 5.92 Å². The Morgan fingerprint density at radius 2 is 2.05 bits per heavy atom. The number of benzene rings is 1. The molecular formula is C15H21N3O2. The Morgan fingerprint density at radius 1 is 1.30 bits per heavy atom. The molecule has 0 bridgehead atoms. The average molecular weight is 275 g/mol. The van der Waals surface area contributed by atoms with Crippen LogP contribution in [0, 0.1) is 12.8 Å². The molecule has 0 aromatic heterocycles. The van der Waals surface area contributed by atoms with Crippen LogP contribution in [-0.2, 0) is 9.59 Å². The molecule has 0 radical (unpaired) electrons. The van der Waals surface area contributed by atoms with Crippen LogP contribution in [0.4, 0.5) is 11.4 Å². The van der Waals surface area contributed by atoms with Gasteiger partial charge >= 0.3 is 0 Å². The van der Waals surface area contributed by atoms with Gasteiger partial charge in [-0.05, 0) is 50.6 Å². The smallest absolute Gasteiger partial charge is 0.229 e. The lowest BCUT2D eigenvalue weighted by Crippen LogP contribution is -2.32. The molecule has 1 aromatic rings. The van der Waals surface area contributed by atoms with Crippen molar-refractivity contribution in [3.8, 4) is 0 Å². The van der Waals surface area contributed by atoms with Gasteiger partial charge in [0, 0.05) is 24.3 Å². The first-order valence-corrected chi connectivity index (χ1v) is 6.90. The van der Waals surface area contributed by atoms with Gasteiger partial charge < -0.3 is 16.0 Å². The lowest BCUT2D eigenvalue weighted by atomic mass is 10.0. The fourth-order valence-corrected chi connectivity index (χ4v) is 2.52. The van der Waals surface area contributed by atoms with Gasteiger partial charge in [0.2, 0.25) is 11.8 Å². The molecule has 2 rings (SSSR count). The number of nitrogens with one attached hydrogen (secondary N) is 3. The van der Waals surface area contributed by atoms with Crippen LogP contribution in [0.5, 0.6) is 0 Å². The van der Waals surface area contributed by atoms with Crippen molar-refractivity contribution < 1.29 is 9.59 Å². The van der Waals surface area contributed by atoms with Gasteiger partial charge in [-0.15, -0.1) is 0 Å². The number of carbonyl (C=O) groups excluding carboxylic acids is 2. The molecule has 1 aromatic carbocycles. The second kappa shape index (κ2) is 6.05. The predicted octanol–water partition coefficient (Wildman–Crippen LogP) is 1.89. The third-order valence-electron chi connectivity index (χ3n) is 3.67. The normalized spacial score (nSPS) is 21.6. The van der Waals surface area contributed by atoms with E-state index in [1.165, 1.54) is 6.92 Å². The van der Waals surface area contributed by atoms with E-state index in [-0.39, 0.29) is 23.8 Å². The molecule has 0 saturated carbocycles. The third kappa shape index (κ3) is 3.36. The predicted molar refractivity (Wildman–Crippen MR) is 79.7 cm³/mol. The first-order chi connectivity index (χ1) is 9.47. The SMILES string of the molecule is CC(=O)Nc1ccc(NC(=O)C2CCNC2C)cc1C. The van der Waals surface area contributed by atoms with Gasteiger partial charge in [0.05, 0.1) is 5.92 Å². The maximum Gasteiger partial charge on any atom is 0.229 e. The highest BCUT2D eigenvalue weighted by molar-refractivity contribution is 5.94. The van der Waals surface area contributed by atoms with Crippen molar-refractivity contribution in [3.05, 3.63) is 23.8 Å². The molecule has 5 heteroatoms. The van der Waals surface area contributed by atoms with Crippen LogP contribution in [-0.4, -0.2) is 24.4 Å². The minimum absolute atomic E-state index is 0.0188. The molecular weight excluding hydrogens is 254 g/mol. The molecule has 2 atom stereocenters. The lowest BCUT2D eigenvalue weighted by molar-refractivity contribution is -0.120. The molecule has 1 fully saturated rings. The number of anilines is 2. The fourth-order valence-electron chi connectivity index (χ4n) is 2.52. The zero-order valence-corrected chi connectivity index (χ0v) is 12.1. The van der Waals surface area contributed by atoms with Crippen molar-refractivity contribution in [2.75, 3.05) is 17.2 Å². The number of amides is 2. The molecule has 0 spiro atoms. The Morgan fingerprint density at radius 3 is 2.60 bits per heavy atom. The zero-order valence-electron chi connectivity index (χ0n) is 12.1. The summed E-state index contributed by atoms with van der Waals surface area (Å²) >= 11 is 0. The molecule has 108 valence electrons. The Bertz CT molecular complexity index is 528. The minimum atomic E-state index is -0.101. The Hall–Kier alpha value is -1.88. The minimum Gasteiger partial charge on any atom is -0.326 e. The summed E-state index contributed by atoms with van der Waals surface area (Å²) in [7, 11) is 0. The highest BCUT2D eigenvalue weighted by atomic mass is 16.2. The Balaban J connectivity index is 2.04. The quantitative estimate of drug-likeness (QED) is 0.789. The van der Waals surface area contributed by atoms with E-state index in [1.54, 1.807) is 0 Å². The Labute approximate surface area is 119 Å². The van der Waals surface area contributed by atoms with Gasteiger partial charge in [-0.1, -0.05) is 0 Å². The van der Waals surface area contributed by atoms with Crippen molar-refractivity contribution >= 4 is 23.2 Å². The van der Waals surface area contributed by atoms with Crippen molar-refractivity contribution in [1.29, 1.82) is 0 Å². The standard InChI is InChI=1S/C15H21N3O2/c1-9-8-12(4-5-14(9)17-11(3)19)18-15(20)13-6-7-16-10(13)2/h4-5,8,10,13,16H,6-7H2,1-3H3,(H,17,19)(H,18,20). The summed E-state index contributed by atoms with van der Waals surface area (Å²) in [6.45, 7) is 6.30. The van der Waals surface area contributed by atoms with E-state index < -0.39 is 0 Å². The topological polar surface area (TPSA) is 70.2 Å². The largest absolute Gasteiger partial charge is 0.326 e. The van der Waals surface area contributed by atoms with Crippen LogP contribution < -0.4 is 16.0 Å². The van der Waals surface area contributed by atoms with Crippen molar-refractivity contribution in [2.45, 2.75) is 33.2 Å². The lowest BCUT2D eigenvalue weighted by Gasteiger charge is -2.16. The fraction of sp³-hybridized carbons (Fsp3) is 0.467. The second-order valence-electron chi connectivity index (χ2n) is 5.34. The highest BCUT2D eigenvalue weighted by Gasteiger charge is 2.29. The molecule has 0 aliphatic carbocycles. The molecule has 3 N–H and O–H groups in total. The summed E-state index contributed by atoms with van der Waals surface area (Å²) in [4.78, 5) is 23.2. The maximum absolute atomic E-state index is 12.2. The van der Waals surface area contributed by atoms with Gasteiger partial charge in [0.1, 0.15) is 0 Å². The summed E-state index contributed by atoms with van der Waals surface area (Å²) < 4.78 is 0. The van der Waals surface area contributed by atoms with E-state index >= 15 is 0 Å². The van der Waals surface area contributed by atoms with E-state index in [0.717, 1.165) is 29.9 Å². The van der Waals surface area contributed by atoms with E-state index in [0.29, 0.717) is 0 Å². The zero-order chi connectivity index (χ0) is 14.7. The summed E-state index contributed by atoms with van der Waals surface area (Å²) in [6, 6.07) is 5.71. The molecule has 1 saturated heterocycles. The van der Waals surface area contributed by atoms with E-state index in [9.17, 15) is 9.59 Å². The van der Waals surface area contributed by atoms with Crippen LogP contribution in [0.25, 0.3) is 0 Å². The third-order valence-corrected chi connectivity index (χ3v) is 3.67. The van der Waals surface area contributed by atoms with Gasteiger partial charge in [-0.2, -0.15) is 0 Å². The van der Waals surface area contributed by atoms with Gasteiger partial charge in [-0.3, -0.25) is 9.59 Å².